The molecule has 1 aromatic rings. The average Bonchev–Trinajstić information content (AvgIpc) is 2.36. The Morgan fingerprint density at radius 1 is 1.32 bits per heavy atom. The molecule has 0 saturated heterocycles. The Bertz CT molecular complexity index is 448. The predicted molar refractivity (Wildman–Crippen MR) is 76.5 cm³/mol. The van der Waals surface area contributed by atoms with E-state index in [2.05, 4.69) is 15.9 Å². The van der Waals surface area contributed by atoms with E-state index in [0.717, 1.165) is 10.0 Å². The van der Waals surface area contributed by atoms with Crippen LogP contribution in [0.4, 0.5) is 0 Å². The highest BCUT2D eigenvalue weighted by Gasteiger charge is 2.12. The van der Waals surface area contributed by atoms with Crippen molar-refractivity contribution in [1.82, 2.24) is 4.90 Å². The van der Waals surface area contributed by atoms with Gasteiger partial charge >= 0.3 is 5.97 Å². The number of ether oxygens (including phenoxy) is 1. The number of esters is 1. The zero-order chi connectivity index (χ0) is 14.3. The number of hydrogen-bond acceptors (Lipinski definition) is 3. The van der Waals surface area contributed by atoms with Crippen molar-refractivity contribution in [2.75, 3.05) is 13.7 Å². The standard InChI is InChI=1S/C14H18BrNO3/c1-3-19-14(18)8-7-13(17)16(2)10-11-5-4-6-12(15)9-11/h4-6,9H,3,7-8,10H2,1-2H3. The number of amides is 1. The normalized spacial score (nSPS) is 10.1. The van der Waals surface area contributed by atoms with E-state index >= 15 is 0 Å². The van der Waals surface area contributed by atoms with E-state index in [0.29, 0.717) is 13.2 Å². The highest BCUT2D eigenvalue weighted by atomic mass is 79.9. The molecule has 0 aliphatic rings. The fraction of sp³-hybridized carbons (Fsp3) is 0.429. The van der Waals surface area contributed by atoms with Gasteiger partial charge in [-0.3, -0.25) is 9.59 Å². The fourth-order valence-electron chi connectivity index (χ4n) is 1.63. The minimum atomic E-state index is -0.327. The summed E-state index contributed by atoms with van der Waals surface area (Å²) < 4.78 is 5.77. The van der Waals surface area contributed by atoms with Gasteiger partial charge in [0.05, 0.1) is 13.0 Å². The molecule has 0 aliphatic heterocycles. The second-order valence-corrected chi connectivity index (χ2v) is 5.10. The van der Waals surface area contributed by atoms with Crippen LogP contribution in [-0.4, -0.2) is 30.4 Å². The van der Waals surface area contributed by atoms with Crippen molar-refractivity contribution >= 4 is 27.8 Å². The van der Waals surface area contributed by atoms with Crippen LogP contribution in [0.5, 0.6) is 0 Å². The number of carbonyl (C=O) groups excluding carboxylic acids is 2. The van der Waals surface area contributed by atoms with Gasteiger partial charge in [-0.25, -0.2) is 0 Å². The van der Waals surface area contributed by atoms with Crippen molar-refractivity contribution in [1.29, 1.82) is 0 Å². The molecule has 5 heteroatoms. The van der Waals surface area contributed by atoms with Crippen molar-refractivity contribution < 1.29 is 14.3 Å². The molecule has 0 atom stereocenters. The largest absolute Gasteiger partial charge is 0.466 e. The summed E-state index contributed by atoms with van der Waals surface area (Å²) in [6.45, 7) is 2.63. The maximum Gasteiger partial charge on any atom is 0.306 e. The molecule has 1 aromatic carbocycles. The Balaban J connectivity index is 2.42. The Hall–Kier alpha value is -1.36. The Kier molecular flexibility index (Phi) is 6.56. The fourth-order valence-corrected chi connectivity index (χ4v) is 2.08. The molecule has 1 rings (SSSR count). The molecule has 0 radical (unpaired) electrons. The number of nitrogens with zero attached hydrogens (tertiary/aromatic N) is 1. The first-order valence-electron chi connectivity index (χ1n) is 6.17. The third kappa shape index (κ3) is 5.87. The van der Waals surface area contributed by atoms with Gasteiger partial charge in [0, 0.05) is 24.5 Å². The summed E-state index contributed by atoms with van der Waals surface area (Å²) in [6, 6.07) is 7.79. The summed E-state index contributed by atoms with van der Waals surface area (Å²) in [5.41, 5.74) is 1.04. The minimum Gasteiger partial charge on any atom is -0.466 e. The summed E-state index contributed by atoms with van der Waals surface area (Å²) in [5, 5.41) is 0. The van der Waals surface area contributed by atoms with Crippen LogP contribution >= 0.6 is 15.9 Å². The second-order valence-electron chi connectivity index (χ2n) is 4.18. The number of rotatable bonds is 6. The number of carbonyl (C=O) groups is 2. The van der Waals surface area contributed by atoms with Crippen molar-refractivity contribution in [3.8, 4) is 0 Å². The van der Waals surface area contributed by atoms with Crippen molar-refractivity contribution in [3.63, 3.8) is 0 Å². The molecule has 4 nitrogen and oxygen atoms in total. The van der Waals surface area contributed by atoms with E-state index in [4.69, 9.17) is 4.74 Å². The number of hydrogen-bond donors (Lipinski definition) is 0. The molecule has 0 aliphatic carbocycles. The first kappa shape index (κ1) is 15.7. The zero-order valence-electron chi connectivity index (χ0n) is 11.2. The second kappa shape index (κ2) is 7.94. The van der Waals surface area contributed by atoms with Gasteiger partial charge in [-0.1, -0.05) is 28.1 Å². The van der Waals surface area contributed by atoms with E-state index in [1.165, 1.54) is 0 Å². The van der Waals surface area contributed by atoms with Crippen molar-refractivity contribution in [2.45, 2.75) is 26.3 Å². The summed E-state index contributed by atoms with van der Waals surface area (Å²) in [6.07, 6.45) is 0.318. The lowest BCUT2D eigenvalue weighted by Crippen LogP contribution is -2.26. The maximum atomic E-state index is 11.8. The van der Waals surface area contributed by atoms with Crippen molar-refractivity contribution in [3.05, 3.63) is 34.3 Å². The summed E-state index contributed by atoms with van der Waals surface area (Å²) in [7, 11) is 1.73. The zero-order valence-corrected chi connectivity index (χ0v) is 12.8. The van der Waals surface area contributed by atoms with Gasteiger partial charge in [0.2, 0.25) is 5.91 Å². The van der Waals surface area contributed by atoms with Crippen LogP contribution in [0.3, 0.4) is 0 Å². The number of benzene rings is 1. The third-order valence-electron chi connectivity index (χ3n) is 2.58. The SMILES string of the molecule is CCOC(=O)CCC(=O)N(C)Cc1cccc(Br)c1. The Morgan fingerprint density at radius 3 is 2.68 bits per heavy atom. The lowest BCUT2D eigenvalue weighted by Gasteiger charge is -2.17. The smallest absolute Gasteiger partial charge is 0.306 e. The topological polar surface area (TPSA) is 46.6 Å². The Morgan fingerprint density at radius 2 is 2.05 bits per heavy atom. The maximum absolute atomic E-state index is 11.8. The first-order valence-corrected chi connectivity index (χ1v) is 6.96. The molecular formula is C14H18BrNO3. The Labute approximate surface area is 121 Å². The summed E-state index contributed by atoms with van der Waals surface area (Å²) in [5.74, 6) is -0.389. The molecule has 1 amide bonds. The predicted octanol–water partition coefficient (Wildman–Crippen LogP) is 2.75. The average molecular weight is 328 g/mol. The van der Waals surface area contributed by atoms with Gasteiger partial charge in [-0.05, 0) is 24.6 Å². The van der Waals surface area contributed by atoms with Gasteiger partial charge < -0.3 is 9.64 Å². The summed E-state index contributed by atoms with van der Waals surface area (Å²) in [4.78, 5) is 24.6. The number of halogens is 1. The van der Waals surface area contributed by atoms with E-state index < -0.39 is 0 Å². The highest BCUT2D eigenvalue weighted by Crippen LogP contribution is 2.13. The minimum absolute atomic E-state index is 0.0620. The highest BCUT2D eigenvalue weighted by molar-refractivity contribution is 9.10. The van der Waals surface area contributed by atoms with Crippen LogP contribution in [0.25, 0.3) is 0 Å². The molecule has 19 heavy (non-hydrogen) atoms. The monoisotopic (exact) mass is 327 g/mol. The quantitative estimate of drug-likeness (QED) is 0.755. The van der Waals surface area contributed by atoms with E-state index in [9.17, 15) is 9.59 Å². The van der Waals surface area contributed by atoms with E-state index in [-0.39, 0.29) is 24.7 Å². The first-order chi connectivity index (χ1) is 9.02. The molecule has 0 aromatic heterocycles. The summed E-state index contributed by atoms with van der Waals surface area (Å²) >= 11 is 3.39. The van der Waals surface area contributed by atoms with Gasteiger partial charge in [0.25, 0.3) is 0 Å². The van der Waals surface area contributed by atoms with Crippen LogP contribution in [0.15, 0.2) is 28.7 Å². The lowest BCUT2D eigenvalue weighted by atomic mass is 10.2. The van der Waals surface area contributed by atoms with Gasteiger partial charge in [-0.15, -0.1) is 0 Å². The van der Waals surface area contributed by atoms with Crippen LogP contribution in [-0.2, 0) is 20.9 Å². The molecule has 0 unspecified atom stereocenters. The van der Waals surface area contributed by atoms with Gasteiger partial charge in [0.15, 0.2) is 0 Å². The van der Waals surface area contributed by atoms with Gasteiger partial charge in [0.1, 0.15) is 0 Å². The van der Waals surface area contributed by atoms with Crippen LogP contribution in [0.2, 0.25) is 0 Å². The van der Waals surface area contributed by atoms with Crippen LogP contribution in [0.1, 0.15) is 25.3 Å². The molecule has 0 heterocycles. The van der Waals surface area contributed by atoms with Crippen LogP contribution in [0, 0.1) is 0 Å². The molecule has 104 valence electrons. The van der Waals surface area contributed by atoms with Crippen molar-refractivity contribution in [2.24, 2.45) is 0 Å². The molecule has 0 fully saturated rings. The molecule has 0 bridgehead atoms. The lowest BCUT2D eigenvalue weighted by molar-refractivity contribution is -0.145. The van der Waals surface area contributed by atoms with E-state index in [1.54, 1.807) is 18.9 Å². The van der Waals surface area contributed by atoms with Gasteiger partial charge in [-0.2, -0.15) is 0 Å². The van der Waals surface area contributed by atoms with Crippen LogP contribution < -0.4 is 0 Å². The van der Waals surface area contributed by atoms with E-state index in [1.807, 2.05) is 24.3 Å². The molecule has 0 N–H and O–H groups in total. The molecular weight excluding hydrogens is 310 g/mol. The third-order valence-corrected chi connectivity index (χ3v) is 3.08. The molecule has 0 saturated carbocycles. The molecule has 0 spiro atoms.